The molecule has 0 atom stereocenters. The van der Waals surface area contributed by atoms with Crippen LogP contribution in [0.1, 0.15) is 26.3 Å². The van der Waals surface area contributed by atoms with E-state index in [1.54, 1.807) is 0 Å². The zero-order valence-electron chi connectivity index (χ0n) is 13.8. The zero-order valence-corrected chi connectivity index (χ0v) is 14.6. The SMILES string of the molecule is CC(C)(C)c1ccc(OCCn2c(=S)[nH]c3ccccc32)cc1. The van der Waals surface area contributed by atoms with Crippen molar-refractivity contribution < 1.29 is 4.74 Å². The lowest BCUT2D eigenvalue weighted by Crippen LogP contribution is -2.11. The number of benzene rings is 2. The van der Waals surface area contributed by atoms with E-state index in [1.165, 1.54) is 5.56 Å². The molecule has 0 unspecified atom stereocenters. The third-order valence-corrected chi connectivity index (χ3v) is 4.31. The van der Waals surface area contributed by atoms with Crippen molar-refractivity contribution in [1.82, 2.24) is 9.55 Å². The van der Waals surface area contributed by atoms with Crippen LogP contribution in [0.25, 0.3) is 11.0 Å². The predicted molar refractivity (Wildman–Crippen MR) is 97.8 cm³/mol. The number of hydrogen-bond acceptors (Lipinski definition) is 2. The van der Waals surface area contributed by atoms with Gasteiger partial charge in [-0.15, -0.1) is 0 Å². The maximum absolute atomic E-state index is 5.87. The Morgan fingerprint density at radius 3 is 2.43 bits per heavy atom. The van der Waals surface area contributed by atoms with Crippen molar-refractivity contribution in [3.63, 3.8) is 0 Å². The maximum atomic E-state index is 5.87. The standard InChI is InChI=1S/C19H22N2OS/c1-19(2,3)14-8-10-15(11-9-14)22-13-12-21-17-7-5-4-6-16(17)20-18(21)23/h4-11H,12-13H2,1-3H3,(H,20,23). The fourth-order valence-electron chi connectivity index (χ4n) is 2.63. The smallest absolute Gasteiger partial charge is 0.178 e. The molecule has 3 aromatic rings. The molecule has 0 radical (unpaired) electrons. The summed E-state index contributed by atoms with van der Waals surface area (Å²) in [6.07, 6.45) is 0. The summed E-state index contributed by atoms with van der Waals surface area (Å²) in [6, 6.07) is 16.5. The van der Waals surface area contributed by atoms with E-state index in [0.717, 1.165) is 28.1 Å². The van der Waals surface area contributed by atoms with Gasteiger partial charge in [0, 0.05) is 0 Å². The Kier molecular flexibility index (Phi) is 4.26. The average Bonchev–Trinajstić information content (AvgIpc) is 2.83. The highest BCUT2D eigenvalue weighted by Crippen LogP contribution is 2.24. The van der Waals surface area contributed by atoms with Crippen LogP contribution >= 0.6 is 12.2 Å². The van der Waals surface area contributed by atoms with E-state index in [4.69, 9.17) is 17.0 Å². The molecule has 0 bridgehead atoms. The molecule has 1 aromatic heterocycles. The summed E-state index contributed by atoms with van der Waals surface area (Å²) in [7, 11) is 0. The third kappa shape index (κ3) is 3.48. The first-order chi connectivity index (χ1) is 10.9. The highest BCUT2D eigenvalue weighted by molar-refractivity contribution is 7.71. The fraction of sp³-hybridized carbons (Fsp3) is 0.316. The molecule has 23 heavy (non-hydrogen) atoms. The van der Waals surface area contributed by atoms with Crippen LogP contribution < -0.4 is 4.74 Å². The molecule has 3 rings (SSSR count). The van der Waals surface area contributed by atoms with E-state index >= 15 is 0 Å². The molecule has 0 saturated carbocycles. The minimum atomic E-state index is 0.162. The second-order valence-corrected chi connectivity index (χ2v) is 7.11. The molecule has 0 aliphatic rings. The van der Waals surface area contributed by atoms with Crippen molar-refractivity contribution in [2.75, 3.05) is 6.61 Å². The van der Waals surface area contributed by atoms with Gasteiger partial charge in [-0.3, -0.25) is 0 Å². The van der Waals surface area contributed by atoms with Crippen LogP contribution in [0.5, 0.6) is 5.75 Å². The van der Waals surface area contributed by atoms with Crippen LogP contribution in [0.4, 0.5) is 0 Å². The number of imidazole rings is 1. The van der Waals surface area contributed by atoms with Crippen LogP contribution in [0.2, 0.25) is 0 Å². The number of hydrogen-bond donors (Lipinski definition) is 1. The molecular weight excluding hydrogens is 304 g/mol. The summed E-state index contributed by atoms with van der Waals surface area (Å²) in [5.74, 6) is 0.893. The largest absolute Gasteiger partial charge is 0.492 e. The second-order valence-electron chi connectivity index (χ2n) is 6.72. The molecule has 1 heterocycles. The van der Waals surface area contributed by atoms with Gasteiger partial charge in [0.2, 0.25) is 0 Å². The maximum Gasteiger partial charge on any atom is 0.178 e. The second kappa shape index (κ2) is 6.20. The molecule has 0 fully saturated rings. The van der Waals surface area contributed by atoms with Crippen molar-refractivity contribution in [2.45, 2.75) is 32.7 Å². The van der Waals surface area contributed by atoms with Gasteiger partial charge in [0.15, 0.2) is 4.77 Å². The van der Waals surface area contributed by atoms with Crippen molar-refractivity contribution in [2.24, 2.45) is 0 Å². The number of fused-ring (bicyclic) bond motifs is 1. The lowest BCUT2D eigenvalue weighted by molar-refractivity contribution is 0.299. The molecule has 2 aromatic carbocycles. The Morgan fingerprint density at radius 1 is 1.04 bits per heavy atom. The van der Waals surface area contributed by atoms with E-state index in [9.17, 15) is 0 Å². The summed E-state index contributed by atoms with van der Waals surface area (Å²) >= 11 is 5.39. The van der Waals surface area contributed by atoms with Crippen molar-refractivity contribution in [1.29, 1.82) is 0 Å². The fourth-order valence-corrected chi connectivity index (χ4v) is 2.93. The number of aromatic amines is 1. The summed E-state index contributed by atoms with van der Waals surface area (Å²) < 4.78 is 8.68. The van der Waals surface area contributed by atoms with Gasteiger partial charge < -0.3 is 14.3 Å². The molecule has 1 N–H and O–H groups in total. The number of para-hydroxylation sites is 2. The number of H-pyrrole nitrogens is 1. The number of nitrogens with one attached hydrogen (secondary N) is 1. The first-order valence-corrected chi connectivity index (χ1v) is 8.27. The molecule has 0 saturated heterocycles. The van der Waals surface area contributed by atoms with E-state index in [1.807, 2.05) is 30.3 Å². The topological polar surface area (TPSA) is 29.9 Å². The minimum absolute atomic E-state index is 0.162. The Labute approximate surface area is 141 Å². The molecule has 4 heteroatoms. The van der Waals surface area contributed by atoms with Crippen LogP contribution in [0, 0.1) is 4.77 Å². The first kappa shape index (κ1) is 15.8. The average molecular weight is 326 g/mol. The third-order valence-electron chi connectivity index (χ3n) is 3.99. The van der Waals surface area contributed by atoms with Gasteiger partial charge in [-0.05, 0) is 47.5 Å². The molecular formula is C19H22N2OS. The number of nitrogens with zero attached hydrogens (tertiary/aromatic N) is 1. The van der Waals surface area contributed by atoms with Crippen LogP contribution in [-0.4, -0.2) is 16.2 Å². The summed E-state index contributed by atoms with van der Waals surface area (Å²) in [6.45, 7) is 7.94. The molecule has 0 aliphatic carbocycles. The predicted octanol–water partition coefficient (Wildman–Crippen LogP) is 5.08. The van der Waals surface area contributed by atoms with E-state index < -0.39 is 0 Å². The molecule has 120 valence electrons. The molecule has 0 amide bonds. The van der Waals surface area contributed by atoms with Gasteiger partial charge >= 0.3 is 0 Å². The Bertz CT molecular complexity index is 853. The number of aromatic nitrogens is 2. The molecule has 3 nitrogen and oxygen atoms in total. The Morgan fingerprint density at radius 2 is 1.74 bits per heavy atom. The first-order valence-electron chi connectivity index (χ1n) is 7.86. The quantitative estimate of drug-likeness (QED) is 0.678. The van der Waals surface area contributed by atoms with Crippen LogP contribution in [0.15, 0.2) is 48.5 Å². The zero-order chi connectivity index (χ0) is 16.4. The van der Waals surface area contributed by atoms with Gasteiger partial charge in [-0.1, -0.05) is 45.0 Å². The van der Waals surface area contributed by atoms with Gasteiger partial charge in [0.05, 0.1) is 17.6 Å². The summed E-state index contributed by atoms with van der Waals surface area (Å²) in [4.78, 5) is 3.22. The van der Waals surface area contributed by atoms with Crippen molar-refractivity contribution in [3.05, 3.63) is 58.9 Å². The highest BCUT2D eigenvalue weighted by atomic mass is 32.1. The van der Waals surface area contributed by atoms with Crippen LogP contribution in [0.3, 0.4) is 0 Å². The highest BCUT2D eigenvalue weighted by Gasteiger charge is 2.13. The van der Waals surface area contributed by atoms with E-state index in [-0.39, 0.29) is 5.41 Å². The van der Waals surface area contributed by atoms with Crippen LogP contribution in [-0.2, 0) is 12.0 Å². The van der Waals surface area contributed by atoms with E-state index in [2.05, 4.69) is 48.5 Å². The Balaban J connectivity index is 1.67. The van der Waals surface area contributed by atoms with E-state index in [0.29, 0.717) is 6.61 Å². The van der Waals surface area contributed by atoms with Gasteiger partial charge in [0.25, 0.3) is 0 Å². The summed E-state index contributed by atoms with van der Waals surface area (Å²) in [5, 5.41) is 0. The van der Waals surface area contributed by atoms with Gasteiger partial charge in [0.1, 0.15) is 12.4 Å². The van der Waals surface area contributed by atoms with Crippen molar-refractivity contribution in [3.8, 4) is 5.75 Å². The Hall–Kier alpha value is -2.07. The van der Waals surface area contributed by atoms with Crippen molar-refractivity contribution >= 4 is 23.3 Å². The lowest BCUT2D eigenvalue weighted by atomic mass is 9.87. The minimum Gasteiger partial charge on any atom is -0.492 e. The molecule has 0 aliphatic heterocycles. The normalized spacial score (nSPS) is 11.8. The molecule has 0 spiro atoms. The lowest BCUT2D eigenvalue weighted by Gasteiger charge is -2.19. The van der Waals surface area contributed by atoms with Gasteiger partial charge in [-0.2, -0.15) is 0 Å². The summed E-state index contributed by atoms with van der Waals surface area (Å²) in [5.41, 5.74) is 3.65. The number of ether oxygens (including phenoxy) is 1. The number of rotatable bonds is 4. The monoisotopic (exact) mass is 326 g/mol. The van der Waals surface area contributed by atoms with Gasteiger partial charge in [-0.25, -0.2) is 0 Å².